The van der Waals surface area contributed by atoms with E-state index >= 15 is 0 Å². The van der Waals surface area contributed by atoms with Crippen LogP contribution in [-0.4, -0.2) is 62.0 Å². The highest BCUT2D eigenvalue weighted by atomic mass is 16.5. The molecule has 0 aromatic rings. The quantitative estimate of drug-likeness (QED) is 0.735. The third kappa shape index (κ3) is 3.91. The standard InChI is InChI=1S/C13H26N2O2/c1-17-10-12(16)9-15-7-4-11(5-8-15)13-3-2-6-14-13/h11-14,16H,2-10H2,1H3. The maximum Gasteiger partial charge on any atom is 0.0900 e. The first-order valence-corrected chi connectivity index (χ1v) is 6.92. The molecular weight excluding hydrogens is 216 g/mol. The summed E-state index contributed by atoms with van der Waals surface area (Å²) in [6.45, 7) is 4.67. The number of aliphatic hydroxyl groups excluding tert-OH is 1. The third-order valence-corrected chi connectivity index (χ3v) is 4.13. The molecule has 0 bridgehead atoms. The van der Waals surface area contributed by atoms with Crippen LogP contribution in [0.1, 0.15) is 25.7 Å². The van der Waals surface area contributed by atoms with Crippen molar-refractivity contribution in [2.45, 2.75) is 37.8 Å². The highest BCUT2D eigenvalue weighted by Gasteiger charge is 2.28. The smallest absolute Gasteiger partial charge is 0.0900 e. The molecule has 0 aromatic carbocycles. The van der Waals surface area contributed by atoms with Crippen molar-refractivity contribution in [1.29, 1.82) is 0 Å². The minimum Gasteiger partial charge on any atom is -0.389 e. The van der Waals surface area contributed by atoms with E-state index in [4.69, 9.17) is 4.74 Å². The molecule has 0 aliphatic carbocycles. The van der Waals surface area contributed by atoms with Gasteiger partial charge >= 0.3 is 0 Å². The predicted molar refractivity (Wildman–Crippen MR) is 68.1 cm³/mol. The van der Waals surface area contributed by atoms with E-state index in [9.17, 15) is 5.11 Å². The van der Waals surface area contributed by atoms with Gasteiger partial charge < -0.3 is 20.1 Å². The second-order valence-corrected chi connectivity index (χ2v) is 5.45. The number of likely N-dealkylation sites (tertiary alicyclic amines) is 1. The van der Waals surface area contributed by atoms with Crippen LogP contribution in [0.5, 0.6) is 0 Å². The molecule has 0 radical (unpaired) electrons. The molecule has 2 saturated heterocycles. The van der Waals surface area contributed by atoms with Crippen molar-refractivity contribution in [2.24, 2.45) is 5.92 Å². The summed E-state index contributed by atoms with van der Waals surface area (Å²) < 4.78 is 4.96. The number of hydrogen-bond donors (Lipinski definition) is 2. The fraction of sp³-hybridized carbons (Fsp3) is 1.00. The fourth-order valence-electron chi connectivity index (χ4n) is 3.19. The lowest BCUT2D eigenvalue weighted by Gasteiger charge is -2.35. The number of β-amino-alcohol motifs (C(OH)–C–C–N with tert-alkyl or cyclic N) is 1. The number of methoxy groups -OCH3 is 1. The molecule has 2 aliphatic rings. The zero-order valence-electron chi connectivity index (χ0n) is 10.9. The van der Waals surface area contributed by atoms with Crippen molar-refractivity contribution < 1.29 is 9.84 Å². The summed E-state index contributed by atoms with van der Waals surface area (Å²) in [5.74, 6) is 0.855. The molecule has 17 heavy (non-hydrogen) atoms. The molecule has 4 nitrogen and oxygen atoms in total. The van der Waals surface area contributed by atoms with Gasteiger partial charge in [0.25, 0.3) is 0 Å². The van der Waals surface area contributed by atoms with E-state index in [1.165, 1.54) is 32.2 Å². The van der Waals surface area contributed by atoms with E-state index in [2.05, 4.69) is 10.2 Å². The Morgan fingerprint density at radius 1 is 1.35 bits per heavy atom. The van der Waals surface area contributed by atoms with Gasteiger partial charge in [-0.05, 0) is 51.2 Å². The van der Waals surface area contributed by atoms with Crippen molar-refractivity contribution in [1.82, 2.24) is 10.2 Å². The van der Waals surface area contributed by atoms with Crippen molar-refractivity contribution in [3.05, 3.63) is 0 Å². The summed E-state index contributed by atoms with van der Waals surface area (Å²) >= 11 is 0. The Morgan fingerprint density at radius 2 is 2.12 bits per heavy atom. The van der Waals surface area contributed by atoms with E-state index in [-0.39, 0.29) is 6.10 Å². The van der Waals surface area contributed by atoms with Gasteiger partial charge in [0.2, 0.25) is 0 Å². The number of nitrogens with one attached hydrogen (secondary N) is 1. The Kier molecular flexibility index (Phi) is 5.22. The van der Waals surface area contributed by atoms with Crippen LogP contribution in [-0.2, 0) is 4.74 Å². The first kappa shape index (κ1) is 13.3. The Morgan fingerprint density at radius 3 is 2.71 bits per heavy atom. The van der Waals surface area contributed by atoms with Gasteiger partial charge in [0.15, 0.2) is 0 Å². The molecule has 100 valence electrons. The molecule has 2 unspecified atom stereocenters. The minimum atomic E-state index is -0.332. The Bertz CT molecular complexity index is 211. The summed E-state index contributed by atoms with van der Waals surface area (Å²) in [6.07, 6.45) is 4.92. The van der Waals surface area contributed by atoms with E-state index in [1.807, 2.05) is 0 Å². The summed E-state index contributed by atoms with van der Waals surface area (Å²) in [7, 11) is 1.64. The average molecular weight is 242 g/mol. The van der Waals surface area contributed by atoms with Crippen LogP contribution >= 0.6 is 0 Å². The van der Waals surface area contributed by atoms with E-state index in [0.29, 0.717) is 6.61 Å². The Hall–Kier alpha value is -0.160. The summed E-state index contributed by atoms with van der Waals surface area (Å²) in [4.78, 5) is 2.37. The topological polar surface area (TPSA) is 44.7 Å². The molecule has 4 heteroatoms. The first-order valence-electron chi connectivity index (χ1n) is 6.92. The lowest BCUT2D eigenvalue weighted by Crippen LogP contribution is -2.44. The first-order chi connectivity index (χ1) is 8.29. The van der Waals surface area contributed by atoms with Crippen LogP contribution < -0.4 is 5.32 Å². The maximum absolute atomic E-state index is 9.70. The molecule has 0 saturated carbocycles. The monoisotopic (exact) mass is 242 g/mol. The lowest BCUT2D eigenvalue weighted by molar-refractivity contribution is 0.0276. The zero-order valence-corrected chi connectivity index (χ0v) is 10.9. The molecule has 2 atom stereocenters. The summed E-state index contributed by atoms with van der Waals surface area (Å²) in [6, 6.07) is 0.765. The lowest BCUT2D eigenvalue weighted by atomic mass is 9.88. The summed E-state index contributed by atoms with van der Waals surface area (Å²) in [5.41, 5.74) is 0. The van der Waals surface area contributed by atoms with Crippen molar-refractivity contribution in [3.63, 3.8) is 0 Å². The predicted octanol–water partition coefficient (Wildman–Crippen LogP) is 0.458. The third-order valence-electron chi connectivity index (χ3n) is 4.13. The highest BCUT2D eigenvalue weighted by molar-refractivity contribution is 4.85. The number of nitrogens with zero attached hydrogens (tertiary/aromatic N) is 1. The van der Waals surface area contributed by atoms with Crippen LogP contribution in [0, 0.1) is 5.92 Å². The Labute approximate surface area is 104 Å². The van der Waals surface area contributed by atoms with E-state index in [0.717, 1.165) is 31.6 Å². The normalized spacial score (nSPS) is 29.6. The number of hydrogen-bond acceptors (Lipinski definition) is 4. The van der Waals surface area contributed by atoms with Crippen molar-refractivity contribution in [3.8, 4) is 0 Å². The van der Waals surface area contributed by atoms with Gasteiger partial charge in [-0.2, -0.15) is 0 Å². The van der Waals surface area contributed by atoms with Crippen LogP contribution in [0.3, 0.4) is 0 Å². The van der Waals surface area contributed by atoms with E-state index in [1.54, 1.807) is 7.11 Å². The van der Waals surface area contributed by atoms with Crippen LogP contribution in [0.15, 0.2) is 0 Å². The van der Waals surface area contributed by atoms with Gasteiger partial charge in [0.1, 0.15) is 0 Å². The van der Waals surface area contributed by atoms with E-state index < -0.39 is 0 Å². The molecule has 2 heterocycles. The number of piperidine rings is 1. The van der Waals surface area contributed by atoms with Gasteiger partial charge in [-0.15, -0.1) is 0 Å². The second-order valence-electron chi connectivity index (χ2n) is 5.45. The number of aliphatic hydroxyl groups is 1. The molecule has 0 spiro atoms. The largest absolute Gasteiger partial charge is 0.389 e. The Balaban J connectivity index is 1.66. The molecule has 2 aliphatic heterocycles. The van der Waals surface area contributed by atoms with Crippen LogP contribution in [0.4, 0.5) is 0 Å². The molecule has 0 amide bonds. The van der Waals surface area contributed by atoms with Crippen LogP contribution in [0.2, 0.25) is 0 Å². The van der Waals surface area contributed by atoms with Gasteiger partial charge in [-0.3, -0.25) is 0 Å². The molecular formula is C13H26N2O2. The minimum absolute atomic E-state index is 0.332. The van der Waals surface area contributed by atoms with Gasteiger partial charge in [0, 0.05) is 19.7 Å². The van der Waals surface area contributed by atoms with Gasteiger partial charge in [0.05, 0.1) is 12.7 Å². The van der Waals surface area contributed by atoms with Gasteiger partial charge in [-0.1, -0.05) is 0 Å². The van der Waals surface area contributed by atoms with Crippen LogP contribution in [0.25, 0.3) is 0 Å². The zero-order chi connectivity index (χ0) is 12.1. The highest BCUT2D eigenvalue weighted by Crippen LogP contribution is 2.25. The summed E-state index contributed by atoms with van der Waals surface area (Å²) in [5, 5.41) is 13.3. The SMILES string of the molecule is COCC(O)CN1CCC(C2CCCN2)CC1. The number of ether oxygens (including phenoxy) is 1. The van der Waals surface area contributed by atoms with Gasteiger partial charge in [-0.25, -0.2) is 0 Å². The number of rotatable bonds is 5. The van der Waals surface area contributed by atoms with Crippen molar-refractivity contribution in [2.75, 3.05) is 39.9 Å². The maximum atomic E-state index is 9.70. The molecule has 2 N–H and O–H groups in total. The molecule has 0 aromatic heterocycles. The molecule has 2 fully saturated rings. The van der Waals surface area contributed by atoms with Crippen molar-refractivity contribution >= 4 is 0 Å². The molecule has 2 rings (SSSR count). The fourth-order valence-corrected chi connectivity index (χ4v) is 3.19. The average Bonchev–Trinajstić information content (AvgIpc) is 2.84. The second kappa shape index (κ2) is 6.69.